The molecular weight excluding hydrogens is 517 g/mol. The molecule has 1 saturated heterocycles. The van der Waals surface area contributed by atoms with E-state index in [0.717, 1.165) is 16.5 Å². The first-order valence-corrected chi connectivity index (χ1v) is 13.3. The molecule has 0 saturated carbocycles. The number of aliphatic hydroxyl groups is 1. The van der Waals surface area contributed by atoms with Crippen molar-refractivity contribution in [2.45, 2.75) is 43.9 Å². The van der Waals surface area contributed by atoms with Crippen LogP contribution in [0.3, 0.4) is 0 Å². The number of likely N-dealkylation sites (tertiary alicyclic amines) is 1. The second-order valence-corrected chi connectivity index (χ2v) is 10.8. The van der Waals surface area contributed by atoms with Crippen LogP contribution in [0.25, 0.3) is 10.9 Å². The van der Waals surface area contributed by atoms with Crippen LogP contribution in [0.4, 0.5) is 22.0 Å². The number of aromatic amines is 1. The van der Waals surface area contributed by atoms with Gasteiger partial charge in [-0.2, -0.15) is 0 Å². The number of nitrogens with zero attached hydrogens (tertiary/aromatic N) is 2. The molecule has 5 rings (SSSR count). The van der Waals surface area contributed by atoms with Crippen LogP contribution in [-0.2, 0) is 11.2 Å². The zero-order valence-electron chi connectivity index (χ0n) is 22.1. The Morgan fingerprint density at radius 3 is 2.49 bits per heavy atom. The Balaban J connectivity index is 1.54. The SMILES string of the molecule is COC(c1cc(F)c(C2c3[nH]c4ccccc4c3C[C@@H](C)N2CC(F)(F)CO)c(F)c1)C1CN(CCCF)C1. The Hall–Kier alpha value is -2.53. The van der Waals surface area contributed by atoms with Gasteiger partial charge in [-0.05, 0) is 49.1 Å². The molecule has 10 heteroatoms. The summed E-state index contributed by atoms with van der Waals surface area (Å²) in [6, 6.07) is 8.29. The summed E-state index contributed by atoms with van der Waals surface area (Å²) in [5.41, 5.74) is 2.08. The third-order valence-corrected chi connectivity index (χ3v) is 8.14. The van der Waals surface area contributed by atoms with E-state index in [-0.39, 0.29) is 11.5 Å². The van der Waals surface area contributed by atoms with Gasteiger partial charge in [0.2, 0.25) is 0 Å². The van der Waals surface area contributed by atoms with Gasteiger partial charge in [0.25, 0.3) is 5.92 Å². The number of nitrogens with one attached hydrogen (secondary N) is 1. The fourth-order valence-corrected chi connectivity index (χ4v) is 6.28. The second-order valence-electron chi connectivity index (χ2n) is 10.8. The number of rotatable bonds is 10. The number of methoxy groups -OCH3 is 1. The molecule has 5 nitrogen and oxygen atoms in total. The molecule has 212 valence electrons. The zero-order valence-corrected chi connectivity index (χ0v) is 22.1. The topological polar surface area (TPSA) is 51.7 Å². The summed E-state index contributed by atoms with van der Waals surface area (Å²) >= 11 is 0. The molecule has 1 fully saturated rings. The molecule has 2 aromatic carbocycles. The normalized spacial score (nSPS) is 21.7. The predicted octanol–water partition coefficient (Wildman–Crippen LogP) is 5.39. The van der Waals surface area contributed by atoms with Crippen molar-refractivity contribution in [1.82, 2.24) is 14.8 Å². The molecule has 2 aliphatic rings. The molecule has 0 bridgehead atoms. The average molecular weight is 552 g/mol. The fraction of sp³-hybridized carbons (Fsp3) is 0.517. The maximum atomic E-state index is 16.0. The number of para-hydroxylation sites is 1. The summed E-state index contributed by atoms with van der Waals surface area (Å²) in [5.74, 6) is -5.15. The van der Waals surface area contributed by atoms with E-state index in [9.17, 15) is 18.3 Å². The molecule has 0 aliphatic carbocycles. The van der Waals surface area contributed by atoms with Gasteiger partial charge in [-0.15, -0.1) is 0 Å². The first kappa shape index (κ1) is 28.0. The maximum Gasteiger partial charge on any atom is 0.283 e. The standard InChI is InChI=1S/C29H34F5N3O2/c1-17-10-21-20-6-3-4-7-24(20)35-26(21)27(37(17)15-29(33,34)16-38)25-22(31)11-18(12-23(25)32)28(39-2)19-13-36(14-19)9-5-8-30/h3-4,6-7,11-12,17,19,27-28,35,38H,5,8-10,13-16H2,1-2H3/t17-,27?,28?/m1/s1. The molecule has 39 heavy (non-hydrogen) atoms. The summed E-state index contributed by atoms with van der Waals surface area (Å²) < 4.78 is 79.1. The lowest BCUT2D eigenvalue weighted by atomic mass is 9.85. The van der Waals surface area contributed by atoms with Crippen molar-refractivity contribution in [1.29, 1.82) is 0 Å². The minimum absolute atomic E-state index is 0.00554. The van der Waals surface area contributed by atoms with E-state index < -0.39 is 55.6 Å². The van der Waals surface area contributed by atoms with E-state index in [1.807, 2.05) is 24.3 Å². The Morgan fingerprint density at radius 2 is 1.85 bits per heavy atom. The quantitative estimate of drug-likeness (QED) is 0.332. The van der Waals surface area contributed by atoms with Crippen LogP contribution in [0.2, 0.25) is 0 Å². The highest BCUT2D eigenvalue weighted by molar-refractivity contribution is 5.85. The number of aromatic nitrogens is 1. The van der Waals surface area contributed by atoms with Crippen molar-refractivity contribution in [3.05, 3.63) is 70.4 Å². The average Bonchev–Trinajstić information content (AvgIpc) is 3.24. The zero-order chi connectivity index (χ0) is 27.9. The van der Waals surface area contributed by atoms with Gasteiger partial charge in [-0.3, -0.25) is 9.29 Å². The van der Waals surface area contributed by atoms with Crippen molar-refractivity contribution in [3.8, 4) is 0 Å². The lowest BCUT2D eigenvalue weighted by Gasteiger charge is -2.43. The highest BCUT2D eigenvalue weighted by Crippen LogP contribution is 2.44. The smallest absolute Gasteiger partial charge is 0.283 e. The van der Waals surface area contributed by atoms with Crippen LogP contribution in [0.15, 0.2) is 36.4 Å². The number of benzene rings is 2. The Bertz CT molecular complexity index is 1290. The molecule has 2 N–H and O–H groups in total. The van der Waals surface area contributed by atoms with Crippen molar-refractivity contribution < 1.29 is 31.8 Å². The number of halogens is 5. The molecule has 1 aromatic heterocycles. The molecule has 3 heterocycles. The number of fused-ring (bicyclic) bond motifs is 3. The minimum atomic E-state index is -3.46. The highest BCUT2D eigenvalue weighted by Gasteiger charge is 2.44. The molecule has 3 atom stereocenters. The van der Waals surface area contributed by atoms with Gasteiger partial charge in [0, 0.05) is 60.9 Å². The van der Waals surface area contributed by atoms with E-state index in [1.165, 1.54) is 24.1 Å². The van der Waals surface area contributed by atoms with Crippen LogP contribution < -0.4 is 0 Å². The molecule has 0 radical (unpaired) electrons. The van der Waals surface area contributed by atoms with E-state index in [4.69, 9.17) is 4.74 Å². The monoisotopic (exact) mass is 551 g/mol. The number of ether oxygens (including phenoxy) is 1. The second kappa shape index (κ2) is 11.2. The van der Waals surface area contributed by atoms with Crippen LogP contribution in [-0.4, -0.2) is 78.4 Å². The van der Waals surface area contributed by atoms with E-state index in [0.29, 0.717) is 43.7 Å². The number of hydrogen-bond donors (Lipinski definition) is 2. The van der Waals surface area contributed by atoms with Gasteiger partial charge in [-0.1, -0.05) is 18.2 Å². The Labute approximate surface area is 224 Å². The van der Waals surface area contributed by atoms with Crippen LogP contribution in [0.1, 0.15) is 47.9 Å². The number of aliphatic hydroxyl groups excluding tert-OH is 1. The Kier molecular flexibility index (Phi) is 8.01. The predicted molar refractivity (Wildman–Crippen MR) is 139 cm³/mol. The third-order valence-electron chi connectivity index (χ3n) is 8.14. The van der Waals surface area contributed by atoms with E-state index >= 15 is 8.78 Å². The van der Waals surface area contributed by atoms with Gasteiger partial charge in [0.05, 0.1) is 25.4 Å². The van der Waals surface area contributed by atoms with Crippen molar-refractivity contribution in [3.63, 3.8) is 0 Å². The molecule has 0 spiro atoms. The molecule has 2 unspecified atom stereocenters. The van der Waals surface area contributed by atoms with Crippen molar-refractivity contribution >= 4 is 10.9 Å². The Morgan fingerprint density at radius 1 is 1.15 bits per heavy atom. The first-order valence-electron chi connectivity index (χ1n) is 13.3. The van der Waals surface area contributed by atoms with Crippen LogP contribution in [0, 0.1) is 17.6 Å². The van der Waals surface area contributed by atoms with Crippen molar-refractivity contribution in [2.75, 3.05) is 46.6 Å². The largest absolute Gasteiger partial charge is 0.390 e. The fourth-order valence-electron chi connectivity index (χ4n) is 6.28. The maximum absolute atomic E-state index is 16.0. The van der Waals surface area contributed by atoms with Crippen molar-refractivity contribution in [2.24, 2.45) is 5.92 Å². The van der Waals surface area contributed by atoms with Crippen LogP contribution >= 0.6 is 0 Å². The lowest BCUT2D eigenvalue weighted by Crippen LogP contribution is -2.50. The van der Waals surface area contributed by atoms with Gasteiger partial charge in [-0.25, -0.2) is 17.6 Å². The van der Waals surface area contributed by atoms with E-state index in [2.05, 4.69) is 9.88 Å². The molecule has 0 amide bonds. The summed E-state index contributed by atoms with van der Waals surface area (Å²) in [7, 11) is 1.48. The van der Waals surface area contributed by atoms with Gasteiger partial charge in [0.1, 0.15) is 18.2 Å². The summed E-state index contributed by atoms with van der Waals surface area (Å²) in [6.07, 6.45) is 0.280. The number of H-pyrrole nitrogens is 1. The molecule has 3 aromatic rings. The van der Waals surface area contributed by atoms with Gasteiger partial charge >= 0.3 is 0 Å². The van der Waals surface area contributed by atoms with E-state index in [1.54, 1.807) is 6.92 Å². The minimum Gasteiger partial charge on any atom is -0.390 e. The third kappa shape index (κ3) is 5.31. The number of alkyl halides is 3. The molecular formula is C29H34F5N3O2. The van der Waals surface area contributed by atoms with Gasteiger partial charge < -0.3 is 19.7 Å². The summed E-state index contributed by atoms with van der Waals surface area (Å²) in [4.78, 5) is 6.68. The lowest BCUT2D eigenvalue weighted by molar-refractivity contribution is -0.0869. The summed E-state index contributed by atoms with van der Waals surface area (Å²) in [6.45, 7) is 1.01. The number of hydrogen-bond acceptors (Lipinski definition) is 4. The summed E-state index contributed by atoms with van der Waals surface area (Å²) in [5, 5.41) is 10.2. The highest BCUT2D eigenvalue weighted by atomic mass is 19.3. The van der Waals surface area contributed by atoms with Crippen LogP contribution in [0.5, 0.6) is 0 Å². The van der Waals surface area contributed by atoms with Gasteiger partial charge in [0.15, 0.2) is 0 Å². The first-order chi connectivity index (χ1) is 18.7. The molecule has 2 aliphatic heterocycles.